The molecular formula is C25H21F3N4O3. The summed E-state index contributed by atoms with van der Waals surface area (Å²) >= 11 is 0. The van der Waals surface area contributed by atoms with Gasteiger partial charge < -0.3 is 9.32 Å². The molecular weight excluding hydrogens is 461 g/mol. The number of hydrogen-bond donors (Lipinski definition) is 0. The van der Waals surface area contributed by atoms with Gasteiger partial charge in [0.1, 0.15) is 5.52 Å². The molecule has 0 saturated carbocycles. The molecule has 1 amide bonds. The Morgan fingerprint density at radius 1 is 1.06 bits per heavy atom. The zero-order valence-electron chi connectivity index (χ0n) is 18.7. The van der Waals surface area contributed by atoms with E-state index in [1.165, 1.54) is 30.0 Å². The summed E-state index contributed by atoms with van der Waals surface area (Å²) in [5.74, 6) is 0.0230. The van der Waals surface area contributed by atoms with Crippen molar-refractivity contribution >= 4 is 17.0 Å². The van der Waals surface area contributed by atoms with E-state index in [-0.39, 0.29) is 17.3 Å². The van der Waals surface area contributed by atoms with Crippen molar-refractivity contribution < 1.29 is 22.4 Å². The van der Waals surface area contributed by atoms with Gasteiger partial charge in [-0.25, -0.2) is 9.67 Å². The molecule has 0 spiro atoms. The summed E-state index contributed by atoms with van der Waals surface area (Å²) in [7, 11) is 0. The van der Waals surface area contributed by atoms with Crippen LogP contribution in [0.15, 0.2) is 63.8 Å². The Kier molecular flexibility index (Phi) is 5.66. The molecule has 10 heteroatoms. The highest BCUT2D eigenvalue weighted by Crippen LogP contribution is 2.34. The van der Waals surface area contributed by atoms with Crippen molar-refractivity contribution in [3.8, 4) is 5.69 Å². The highest BCUT2D eigenvalue weighted by molar-refractivity contribution is 5.92. The van der Waals surface area contributed by atoms with Gasteiger partial charge in [0.15, 0.2) is 17.2 Å². The maximum Gasteiger partial charge on any atom is 0.418 e. The number of fused-ring (bicyclic) bond motifs is 1. The number of aryl methyl sites for hydroxylation is 1. The lowest BCUT2D eigenvalue weighted by Gasteiger charge is -2.30. The van der Waals surface area contributed by atoms with Crippen molar-refractivity contribution in [3.05, 3.63) is 87.7 Å². The van der Waals surface area contributed by atoms with E-state index in [0.29, 0.717) is 37.4 Å². The van der Waals surface area contributed by atoms with Crippen LogP contribution in [-0.2, 0) is 6.18 Å². The summed E-state index contributed by atoms with van der Waals surface area (Å²) in [6.07, 6.45) is -3.46. The van der Waals surface area contributed by atoms with E-state index in [0.717, 1.165) is 22.3 Å². The fourth-order valence-corrected chi connectivity index (χ4v) is 4.38. The van der Waals surface area contributed by atoms with E-state index in [1.54, 1.807) is 0 Å². The highest BCUT2D eigenvalue weighted by atomic mass is 19.4. The van der Waals surface area contributed by atoms with Gasteiger partial charge >= 0.3 is 6.18 Å². The third kappa shape index (κ3) is 4.31. The van der Waals surface area contributed by atoms with Crippen molar-refractivity contribution in [2.24, 2.45) is 0 Å². The van der Waals surface area contributed by atoms with Gasteiger partial charge in [0.2, 0.25) is 5.43 Å². The second-order valence-electron chi connectivity index (χ2n) is 8.51. The minimum Gasteiger partial charge on any atom is -0.440 e. The fourth-order valence-electron chi connectivity index (χ4n) is 4.38. The molecule has 0 radical (unpaired) electrons. The van der Waals surface area contributed by atoms with Gasteiger partial charge in [-0.1, -0.05) is 24.3 Å². The molecule has 5 rings (SSSR count). The van der Waals surface area contributed by atoms with Crippen LogP contribution in [0.2, 0.25) is 0 Å². The van der Waals surface area contributed by atoms with Crippen LogP contribution in [-0.4, -0.2) is 38.7 Å². The lowest BCUT2D eigenvalue weighted by molar-refractivity contribution is -0.137. The van der Waals surface area contributed by atoms with Gasteiger partial charge in [-0.3, -0.25) is 9.59 Å². The molecule has 35 heavy (non-hydrogen) atoms. The molecule has 1 saturated heterocycles. The van der Waals surface area contributed by atoms with Crippen LogP contribution in [0.4, 0.5) is 13.2 Å². The molecule has 1 fully saturated rings. The van der Waals surface area contributed by atoms with Crippen molar-refractivity contribution in [1.82, 2.24) is 19.7 Å². The molecule has 1 aliphatic heterocycles. The molecule has 0 bridgehead atoms. The fraction of sp³-hybridized carbons (Fsp3) is 0.280. The smallest absolute Gasteiger partial charge is 0.418 e. The minimum absolute atomic E-state index is 0.0211. The molecule has 180 valence electrons. The monoisotopic (exact) mass is 482 g/mol. The van der Waals surface area contributed by atoms with Crippen molar-refractivity contribution in [2.75, 3.05) is 13.1 Å². The van der Waals surface area contributed by atoms with Crippen molar-refractivity contribution in [1.29, 1.82) is 0 Å². The summed E-state index contributed by atoms with van der Waals surface area (Å²) in [6.45, 7) is 2.16. The van der Waals surface area contributed by atoms with Crippen LogP contribution in [0.1, 0.15) is 46.4 Å². The number of aromatic nitrogens is 3. The number of oxazole rings is 1. The van der Waals surface area contributed by atoms with E-state index < -0.39 is 28.8 Å². The largest absolute Gasteiger partial charge is 0.440 e. The first-order valence-corrected chi connectivity index (χ1v) is 11.1. The number of piperidine rings is 1. The SMILES string of the molecule is Cc1cc(=O)c(C(=O)N2CCC(c3nc4ccccc4o3)CC2)nn1-c1ccccc1C(F)(F)F. The van der Waals surface area contributed by atoms with Gasteiger partial charge in [-0.2, -0.15) is 18.3 Å². The molecule has 0 N–H and O–H groups in total. The first kappa shape index (κ1) is 22.8. The van der Waals surface area contributed by atoms with E-state index in [1.807, 2.05) is 24.3 Å². The topological polar surface area (TPSA) is 81.2 Å². The average Bonchev–Trinajstić information content (AvgIpc) is 3.28. The molecule has 2 aromatic heterocycles. The molecule has 7 nitrogen and oxygen atoms in total. The zero-order chi connectivity index (χ0) is 24.7. The Hall–Kier alpha value is -3.95. The maximum atomic E-state index is 13.5. The number of halogens is 3. The van der Waals surface area contributed by atoms with Crippen LogP contribution in [0.5, 0.6) is 0 Å². The number of carbonyl (C=O) groups excluding carboxylic acids is 1. The van der Waals surface area contributed by atoms with E-state index in [2.05, 4.69) is 10.1 Å². The second kappa shape index (κ2) is 8.68. The lowest BCUT2D eigenvalue weighted by atomic mass is 9.96. The quantitative estimate of drug-likeness (QED) is 0.422. The van der Waals surface area contributed by atoms with Gasteiger partial charge in [-0.05, 0) is 44.0 Å². The second-order valence-corrected chi connectivity index (χ2v) is 8.51. The highest BCUT2D eigenvalue weighted by Gasteiger charge is 2.35. The number of benzene rings is 2. The van der Waals surface area contributed by atoms with Crippen LogP contribution >= 0.6 is 0 Å². The summed E-state index contributed by atoms with van der Waals surface area (Å²) < 4.78 is 47.5. The summed E-state index contributed by atoms with van der Waals surface area (Å²) in [4.78, 5) is 31.8. The van der Waals surface area contributed by atoms with Crippen LogP contribution in [0.25, 0.3) is 16.8 Å². The number of amides is 1. The van der Waals surface area contributed by atoms with Crippen LogP contribution in [0.3, 0.4) is 0 Å². The average molecular weight is 482 g/mol. The van der Waals surface area contributed by atoms with Gasteiger partial charge in [0.05, 0.1) is 11.3 Å². The predicted octanol–water partition coefficient (Wildman–Crippen LogP) is 4.72. The molecule has 0 atom stereocenters. The Balaban J connectivity index is 1.39. The Morgan fingerprint density at radius 3 is 2.46 bits per heavy atom. The number of rotatable bonds is 3. The van der Waals surface area contributed by atoms with Gasteiger partial charge in [0.25, 0.3) is 5.91 Å². The Morgan fingerprint density at radius 2 is 1.74 bits per heavy atom. The number of alkyl halides is 3. The molecule has 2 aromatic carbocycles. The van der Waals surface area contributed by atoms with Crippen LogP contribution in [0, 0.1) is 6.92 Å². The lowest BCUT2D eigenvalue weighted by Crippen LogP contribution is -2.41. The molecule has 0 unspecified atom stereocenters. The third-order valence-corrected chi connectivity index (χ3v) is 6.19. The Bertz CT molecular complexity index is 1430. The standard InChI is InChI=1S/C25H21F3N4O3/c1-15-14-20(33)22(30-32(15)19-8-4-2-6-17(19)25(26,27)28)24(34)31-12-10-16(11-13-31)23-29-18-7-3-5-9-21(18)35-23/h2-9,14,16H,10-13H2,1H3. The summed E-state index contributed by atoms with van der Waals surface area (Å²) in [5.41, 5.74) is -0.535. The van der Waals surface area contributed by atoms with Crippen molar-refractivity contribution in [2.45, 2.75) is 31.9 Å². The first-order valence-electron chi connectivity index (χ1n) is 11.1. The third-order valence-electron chi connectivity index (χ3n) is 6.19. The first-order chi connectivity index (χ1) is 16.7. The van der Waals surface area contributed by atoms with E-state index in [4.69, 9.17) is 4.42 Å². The van der Waals surface area contributed by atoms with Crippen LogP contribution < -0.4 is 5.43 Å². The van der Waals surface area contributed by atoms with Gasteiger partial charge in [0, 0.05) is 30.8 Å². The minimum atomic E-state index is -4.62. The number of likely N-dealkylation sites (tertiary alicyclic amines) is 1. The number of hydrogen-bond acceptors (Lipinski definition) is 5. The zero-order valence-corrected chi connectivity index (χ0v) is 18.7. The number of nitrogens with zero attached hydrogens (tertiary/aromatic N) is 4. The van der Waals surface area contributed by atoms with E-state index in [9.17, 15) is 22.8 Å². The number of carbonyl (C=O) groups is 1. The normalized spacial score (nSPS) is 15.0. The molecule has 0 aliphatic carbocycles. The van der Waals surface area contributed by atoms with E-state index >= 15 is 0 Å². The predicted molar refractivity (Wildman–Crippen MR) is 121 cm³/mol. The summed E-state index contributed by atoms with van der Waals surface area (Å²) in [6, 6.07) is 13.5. The number of para-hydroxylation sites is 3. The van der Waals surface area contributed by atoms with Gasteiger partial charge in [-0.15, -0.1) is 0 Å². The van der Waals surface area contributed by atoms with Crippen molar-refractivity contribution in [3.63, 3.8) is 0 Å². The molecule has 1 aliphatic rings. The Labute approximate surface area is 197 Å². The summed E-state index contributed by atoms with van der Waals surface area (Å²) in [5, 5.41) is 4.08. The molecule has 4 aromatic rings. The molecule has 3 heterocycles. The maximum absolute atomic E-state index is 13.5.